The summed E-state index contributed by atoms with van der Waals surface area (Å²) in [6.45, 7) is 6.12. The van der Waals surface area contributed by atoms with Crippen LogP contribution < -0.4 is 0 Å². The van der Waals surface area contributed by atoms with Gasteiger partial charge in [0.1, 0.15) is 0 Å². The van der Waals surface area contributed by atoms with E-state index in [-0.39, 0.29) is 5.97 Å². The number of benzene rings is 2. The van der Waals surface area contributed by atoms with Crippen molar-refractivity contribution in [3.05, 3.63) is 65.2 Å². The van der Waals surface area contributed by atoms with Gasteiger partial charge in [0.25, 0.3) is 0 Å². The van der Waals surface area contributed by atoms with Crippen LogP contribution >= 0.6 is 0 Å². The van der Waals surface area contributed by atoms with E-state index >= 15 is 0 Å². The van der Waals surface area contributed by atoms with Crippen molar-refractivity contribution in [1.82, 2.24) is 4.98 Å². The molecule has 3 aromatic rings. The first kappa shape index (κ1) is 15.2. The van der Waals surface area contributed by atoms with E-state index in [2.05, 4.69) is 0 Å². The van der Waals surface area contributed by atoms with Crippen LogP contribution in [0.4, 0.5) is 0 Å². The molecule has 0 radical (unpaired) electrons. The van der Waals surface area contributed by atoms with Gasteiger partial charge in [-0.25, -0.2) is 9.78 Å². The van der Waals surface area contributed by atoms with Crippen molar-refractivity contribution in [3.63, 3.8) is 0 Å². The third kappa shape index (κ3) is 2.82. The molecule has 0 amide bonds. The zero-order valence-corrected chi connectivity index (χ0v) is 13.6. The second-order valence-electron chi connectivity index (χ2n) is 5.57. The molecule has 0 atom stereocenters. The van der Waals surface area contributed by atoms with Gasteiger partial charge >= 0.3 is 5.97 Å². The van der Waals surface area contributed by atoms with Crippen LogP contribution in [0.3, 0.4) is 0 Å². The Morgan fingerprint density at radius 1 is 1.09 bits per heavy atom. The van der Waals surface area contributed by atoms with Crippen LogP contribution in [0.25, 0.3) is 22.2 Å². The van der Waals surface area contributed by atoms with Crippen molar-refractivity contribution in [2.75, 3.05) is 6.61 Å². The normalized spacial score (nSPS) is 10.7. The number of hydrogen-bond donors (Lipinski definition) is 0. The molecule has 3 nitrogen and oxygen atoms in total. The lowest BCUT2D eigenvalue weighted by molar-refractivity contribution is 0.0528. The number of pyridine rings is 1. The van der Waals surface area contributed by atoms with Crippen molar-refractivity contribution in [1.29, 1.82) is 0 Å². The third-order valence-corrected chi connectivity index (χ3v) is 3.91. The number of esters is 1. The van der Waals surface area contributed by atoms with Gasteiger partial charge in [-0.15, -0.1) is 0 Å². The zero-order valence-electron chi connectivity index (χ0n) is 13.6. The number of ether oxygens (including phenoxy) is 1. The van der Waals surface area contributed by atoms with Gasteiger partial charge < -0.3 is 4.74 Å². The molecule has 1 heterocycles. The quantitative estimate of drug-likeness (QED) is 0.659. The Hall–Kier alpha value is -2.68. The summed E-state index contributed by atoms with van der Waals surface area (Å²) < 4.78 is 5.28. The van der Waals surface area contributed by atoms with Gasteiger partial charge in [-0.3, -0.25) is 0 Å². The summed E-state index contributed by atoms with van der Waals surface area (Å²) in [6.07, 6.45) is 0. The monoisotopic (exact) mass is 305 g/mol. The molecule has 0 saturated heterocycles. The van der Waals surface area contributed by atoms with Crippen molar-refractivity contribution >= 4 is 16.9 Å². The third-order valence-electron chi connectivity index (χ3n) is 3.91. The summed E-state index contributed by atoms with van der Waals surface area (Å²) >= 11 is 0. The number of aromatic nitrogens is 1. The molecule has 1 aromatic heterocycles. The highest BCUT2D eigenvalue weighted by atomic mass is 16.5. The van der Waals surface area contributed by atoms with Crippen LogP contribution in [-0.2, 0) is 4.74 Å². The smallest absolute Gasteiger partial charge is 0.339 e. The highest BCUT2D eigenvalue weighted by Crippen LogP contribution is 2.30. The van der Waals surface area contributed by atoms with E-state index in [1.165, 1.54) is 0 Å². The molecular weight excluding hydrogens is 286 g/mol. The minimum atomic E-state index is -0.291. The summed E-state index contributed by atoms with van der Waals surface area (Å²) in [6, 6.07) is 15.9. The van der Waals surface area contributed by atoms with Gasteiger partial charge in [-0.1, -0.05) is 42.0 Å². The first-order valence-corrected chi connectivity index (χ1v) is 7.75. The van der Waals surface area contributed by atoms with E-state index in [9.17, 15) is 4.79 Å². The Balaban J connectivity index is 2.34. The maximum Gasteiger partial charge on any atom is 0.339 e. The fourth-order valence-corrected chi connectivity index (χ4v) is 2.82. The average Bonchev–Trinajstić information content (AvgIpc) is 2.55. The summed E-state index contributed by atoms with van der Waals surface area (Å²) in [4.78, 5) is 17.3. The highest BCUT2D eigenvalue weighted by molar-refractivity contribution is 6.06. The minimum absolute atomic E-state index is 0.291. The fraction of sp³-hybridized carbons (Fsp3) is 0.200. The van der Waals surface area contributed by atoms with Crippen molar-refractivity contribution in [2.24, 2.45) is 0 Å². The van der Waals surface area contributed by atoms with Crippen LogP contribution in [0.1, 0.15) is 28.4 Å². The maximum absolute atomic E-state index is 12.5. The van der Waals surface area contributed by atoms with Crippen molar-refractivity contribution in [2.45, 2.75) is 20.8 Å². The van der Waals surface area contributed by atoms with Crippen molar-refractivity contribution < 1.29 is 9.53 Å². The molecule has 3 heteroatoms. The van der Waals surface area contributed by atoms with Gasteiger partial charge in [0.2, 0.25) is 0 Å². The zero-order chi connectivity index (χ0) is 16.4. The molecule has 0 aliphatic carbocycles. The van der Waals surface area contributed by atoms with Crippen molar-refractivity contribution in [3.8, 4) is 11.3 Å². The Morgan fingerprint density at radius 2 is 1.83 bits per heavy atom. The van der Waals surface area contributed by atoms with Gasteiger partial charge in [0.15, 0.2) is 0 Å². The number of fused-ring (bicyclic) bond motifs is 1. The molecule has 2 aromatic carbocycles. The van der Waals surface area contributed by atoms with Crippen LogP contribution in [0.5, 0.6) is 0 Å². The number of nitrogens with zero attached hydrogens (tertiary/aromatic N) is 1. The average molecular weight is 305 g/mol. The number of carbonyl (C=O) groups is 1. The van der Waals surface area contributed by atoms with E-state index < -0.39 is 0 Å². The van der Waals surface area contributed by atoms with E-state index in [0.29, 0.717) is 12.2 Å². The molecule has 0 N–H and O–H groups in total. The SMILES string of the molecule is CCOC(=O)c1c(C)c(-c2ccccc2)nc2ccc(C)cc12. The van der Waals surface area contributed by atoms with E-state index in [1.54, 1.807) is 0 Å². The molecule has 0 aliphatic rings. The van der Waals surface area contributed by atoms with E-state index in [0.717, 1.165) is 33.3 Å². The van der Waals surface area contributed by atoms with Crippen LogP contribution in [0, 0.1) is 13.8 Å². The Labute approximate surface area is 135 Å². The molecule has 116 valence electrons. The largest absolute Gasteiger partial charge is 0.462 e. The fourth-order valence-electron chi connectivity index (χ4n) is 2.82. The Kier molecular flexibility index (Phi) is 4.11. The second-order valence-corrected chi connectivity index (χ2v) is 5.57. The number of hydrogen-bond acceptors (Lipinski definition) is 3. The first-order valence-electron chi connectivity index (χ1n) is 7.75. The molecule has 0 fully saturated rings. The van der Waals surface area contributed by atoms with Crippen LogP contribution in [0.2, 0.25) is 0 Å². The van der Waals surface area contributed by atoms with Gasteiger partial charge in [-0.05, 0) is 38.5 Å². The summed E-state index contributed by atoms with van der Waals surface area (Å²) in [7, 11) is 0. The number of rotatable bonds is 3. The lowest BCUT2D eigenvalue weighted by atomic mass is 9.97. The topological polar surface area (TPSA) is 39.2 Å². The molecule has 0 bridgehead atoms. The molecule has 0 unspecified atom stereocenters. The van der Waals surface area contributed by atoms with Crippen LogP contribution in [-0.4, -0.2) is 17.6 Å². The standard InChI is InChI=1S/C20H19NO2/c1-4-23-20(22)18-14(3)19(15-8-6-5-7-9-15)21-17-11-10-13(2)12-16(17)18/h5-12H,4H2,1-3H3. The molecule has 23 heavy (non-hydrogen) atoms. The van der Waals surface area contributed by atoms with Gasteiger partial charge in [0.05, 0.1) is 23.4 Å². The molecule has 3 rings (SSSR count). The summed E-state index contributed by atoms with van der Waals surface area (Å²) in [5.41, 5.74) is 5.19. The predicted molar refractivity (Wildman–Crippen MR) is 92.6 cm³/mol. The van der Waals surface area contributed by atoms with Gasteiger partial charge in [0, 0.05) is 10.9 Å². The Morgan fingerprint density at radius 3 is 2.52 bits per heavy atom. The van der Waals surface area contributed by atoms with Crippen LogP contribution in [0.15, 0.2) is 48.5 Å². The lowest BCUT2D eigenvalue weighted by Gasteiger charge is -2.14. The summed E-state index contributed by atoms with van der Waals surface area (Å²) in [5, 5.41) is 0.848. The Bertz CT molecular complexity index is 870. The van der Waals surface area contributed by atoms with E-state index in [1.807, 2.05) is 69.3 Å². The second kappa shape index (κ2) is 6.21. The molecule has 0 spiro atoms. The predicted octanol–water partition coefficient (Wildman–Crippen LogP) is 4.70. The minimum Gasteiger partial charge on any atom is -0.462 e. The molecular formula is C20H19NO2. The number of carbonyl (C=O) groups excluding carboxylic acids is 1. The molecule has 0 saturated carbocycles. The van der Waals surface area contributed by atoms with E-state index in [4.69, 9.17) is 9.72 Å². The lowest BCUT2D eigenvalue weighted by Crippen LogP contribution is -2.09. The maximum atomic E-state index is 12.5. The number of aryl methyl sites for hydroxylation is 1. The first-order chi connectivity index (χ1) is 11.1. The highest BCUT2D eigenvalue weighted by Gasteiger charge is 2.19. The summed E-state index contributed by atoms with van der Waals surface area (Å²) in [5.74, 6) is -0.291. The van der Waals surface area contributed by atoms with Gasteiger partial charge in [-0.2, -0.15) is 0 Å². The molecule has 0 aliphatic heterocycles.